The number of carbonyl (C=O) groups is 4. The molecule has 0 rings (SSSR count). The van der Waals surface area contributed by atoms with E-state index in [1.807, 2.05) is 5.32 Å². The minimum Gasteiger partial charge on any atom is -0.548 e. The van der Waals surface area contributed by atoms with Crippen molar-refractivity contribution in [3.63, 3.8) is 0 Å². The van der Waals surface area contributed by atoms with Crippen LogP contribution < -0.4 is 26.6 Å². The monoisotopic (exact) mass is 334 g/mol. The Balaban J connectivity index is 4.46. The summed E-state index contributed by atoms with van der Waals surface area (Å²) >= 11 is 0.452. The summed E-state index contributed by atoms with van der Waals surface area (Å²) in [6.07, 6.45) is -0.501. The van der Waals surface area contributed by atoms with Crippen molar-refractivity contribution in [1.82, 2.24) is 10.6 Å². The number of aliphatic carboxylic acids is 2. The predicted octanol–water partition coefficient (Wildman–Crippen LogP) is -4.39. The lowest BCUT2D eigenvalue weighted by Gasteiger charge is -2.18. The van der Waals surface area contributed by atoms with Gasteiger partial charge in [-0.2, -0.15) is 0 Å². The van der Waals surface area contributed by atoms with Gasteiger partial charge >= 0.3 is 0 Å². The summed E-state index contributed by atoms with van der Waals surface area (Å²) in [6.45, 7) is -0.764. The number of nitrogens with two attached hydrogens (primary N) is 1. The minimum atomic E-state index is -1.53. The van der Waals surface area contributed by atoms with Crippen molar-refractivity contribution in [1.29, 1.82) is 0 Å². The van der Waals surface area contributed by atoms with Gasteiger partial charge in [-0.15, -0.1) is 4.91 Å². The minimum absolute atomic E-state index is 0.208. The van der Waals surface area contributed by atoms with Crippen molar-refractivity contribution in [2.24, 2.45) is 10.3 Å². The summed E-state index contributed by atoms with van der Waals surface area (Å²) in [5.41, 5.74) is 5.16. The first-order chi connectivity index (χ1) is 10.3. The Morgan fingerprint density at radius 2 is 1.86 bits per heavy atom. The van der Waals surface area contributed by atoms with Crippen LogP contribution in [0, 0.1) is 4.91 Å². The van der Waals surface area contributed by atoms with E-state index in [9.17, 15) is 34.3 Å². The van der Waals surface area contributed by atoms with Gasteiger partial charge < -0.3 is 36.2 Å². The zero-order valence-electron chi connectivity index (χ0n) is 11.3. The summed E-state index contributed by atoms with van der Waals surface area (Å²) in [5.74, 6) is -4.81. The molecule has 0 aliphatic rings. The summed E-state index contributed by atoms with van der Waals surface area (Å²) in [6, 6.07) is -2.55. The van der Waals surface area contributed by atoms with Crippen LogP contribution in [0.4, 0.5) is 0 Å². The van der Waals surface area contributed by atoms with Gasteiger partial charge in [-0.05, 0) is 6.42 Å². The Bertz CT molecular complexity index is 445. The molecule has 12 heteroatoms. The Kier molecular flexibility index (Phi) is 9.45. The van der Waals surface area contributed by atoms with Crippen molar-refractivity contribution in [2.75, 3.05) is 12.3 Å². The maximum Gasteiger partial charge on any atom is 0.243 e. The Morgan fingerprint density at radius 1 is 1.23 bits per heavy atom. The molecule has 0 aliphatic carbocycles. The highest BCUT2D eigenvalue weighted by Crippen LogP contribution is 2.04. The third-order valence-electron chi connectivity index (χ3n) is 2.34. The molecular formula is C10H14N4O7S-2. The van der Waals surface area contributed by atoms with Gasteiger partial charge in [0.1, 0.15) is 6.04 Å². The van der Waals surface area contributed by atoms with E-state index in [1.54, 1.807) is 0 Å². The molecule has 4 N–H and O–H groups in total. The number of carbonyl (C=O) groups excluding carboxylic acids is 4. The molecule has 2 unspecified atom stereocenters. The maximum atomic E-state index is 11.6. The van der Waals surface area contributed by atoms with Crippen LogP contribution in [0.15, 0.2) is 4.58 Å². The fraction of sp³-hybridized carbons (Fsp3) is 0.600. The van der Waals surface area contributed by atoms with Gasteiger partial charge in [0.15, 0.2) is 0 Å². The second kappa shape index (κ2) is 10.5. The Hall–Kier alpha value is -2.21. The van der Waals surface area contributed by atoms with E-state index in [2.05, 4.69) is 9.90 Å². The van der Waals surface area contributed by atoms with E-state index < -0.39 is 42.4 Å². The van der Waals surface area contributed by atoms with Gasteiger partial charge in [0.05, 0.1) is 18.5 Å². The molecule has 22 heavy (non-hydrogen) atoms. The standard InChI is InChI=1S/C10H16N4O7S/c11-5(10(19)20)1-2-7(15)13-6(4-22-14-21)9(18)12-3-8(16)17/h5-6H,1-4,11H2,(H,12,18)(H,13,15)(H,16,17)(H,19,20)/p-2. The first-order valence-electron chi connectivity index (χ1n) is 5.96. The number of nitroso groups, excluding NO2 is 1. The van der Waals surface area contributed by atoms with Crippen LogP contribution in [0.2, 0.25) is 0 Å². The topological polar surface area (TPSA) is 194 Å². The second-order valence-corrected chi connectivity index (χ2v) is 4.79. The smallest absolute Gasteiger partial charge is 0.243 e. The highest BCUT2D eigenvalue weighted by atomic mass is 32.2. The predicted molar refractivity (Wildman–Crippen MR) is 70.4 cm³/mol. The molecule has 2 amide bonds. The molecule has 0 saturated heterocycles. The van der Waals surface area contributed by atoms with E-state index in [1.165, 1.54) is 0 Å². The average Bonchev–Trinajstić information content (AvgIpc) is 2.46. The van der Waals surface area contributed by atoms with Gasteiger partial charge in [0.2, 0.25) is 11.8 Å². The molecule has 0 saturated carbocycles. The third kappa shape index (κ3) is 8.86. The summed E-state index contributed by atoms with van der Waals surface area (Å²) in [7, 11) is 0. The molecular weight excluding hydrogens is 320 g/mol. The van der Waals surface area contributed by atoms with E-state index in [-0.39, 0.29) is 18.6 Å². The highest BCUT2D eigenvalue weighted by molar-refractivity contribution is 7.97. The van der Waals surface area contributed by atoms with Crippen LogP contribution in [0.3, 0.4) is 0 Å². The molecule has 11 nitrogen and oxygen atoms in total. The van der Waals surface area contributed by atoms with E-state index in [4.69, 9.17) is 5.73 Å². The lowest BCUT2D eigenvalue weighted by molar-refractivity contribution is -0.308. The molecule has 0 heterocycles. The summed E-state index contributed by atoms with van der Waals surface area (Å²) in [5, 5.41) is 24.8. The molecule has 0 fully saturated rings. The molecule has 0 aliphatic heterocycles. The van der Waals surface area contributed by atoms with E-state index in [0.29, 0.717) is 11.9 Å². The Labute approximate surface area is 129 Å². The van der Waals surface area contributed by atoms with Crippen molar-refractivity contribution < 1.29 is 29.4 Å². The molecule has 0 spiro atoms. The maximum absolute atomic E-state index is 11.6. The zero-order valence-corrected chi connectivity index (χ0v) is 12.1. The van der Waals surface area contributed by atoms with Gasteiger partial charge in [-0.3, -0.25) is 9.59 Å². The van der Waals surface area contributed by atoms with Gasteiger partial charge in [0, 0.05) is 34.7 Å². The summed E-state index contributed by atoms with van der Waals surface area (Å²) in [4.78, 5) is 53.9. The fourth-order valence-electron chi connectivity index (χ4n) is 1.24. The van der Waals surface area contributed by atoms with Crippen LogP contribution in [0.1, 0.15) is 12.8 Å². The number of nitrogens with one attached hydrogen (secondary N) is 2. The molecule has 0 aromatic heterocycles. The lowest BCUT2D eigenvalue weighted by Crippen LogP contribution is -2.51. The van der Waals surface area contributed by atoms with E-state index >= 15 is 0 Å². The number of carboxylic acids is 2. The molecule has 2 atom stereocenters. The van der Waals surface area contributed by atoms with Crippen LogP contribution >= 0.6 is 11.9 Å². The SMILES string of the molecule is NC(CCC(=O)NC(CSN=O)C(=O)NCC(=O)[O-])C(=O)[O-]. The number of nitrogens with zero attached hydrogens (tertiary/aromatic N) is 1. The quantitative estimate of drug-likeness (QED) is 0.247. The first kappa shape index (κ1) is 19.8. The van der Waals surface area contributed by atoms with Crippen LogP contribution in [-0.2, 0) is 19.2 Å². The van der Waals surface area contributed by atoms with Gasteiger partial charge in [0.25, 0.3) is 0 Å². The number of amides is 2. The van der Waals surface area contributed by atoms with Gasteiger partial charge in [-0.25, -0.2) is 0 Å². The molecule has 0 radical (unpaired) electrons. The Morgan fingerprint density at radius 3 is 2.36 bits per heavy atom. The third-order valence-corrected chi connectivity index (χ3v) is 2.93. The number of hydrogen-bond acceptors (Lipinski definition) is 10. The first-order valence-corrected chi connectivity index (χ1v) is 6.90. The molecule has 0 aromatic rings. The zero-order chi connectivity index (χ0) is 17.1. The van der Waals surface area contributed by atoms with Crippen LogP contribution in [0.5, 0.6) is 0 Å². The number of rotatable bonds is 11. The van der Waals surface area contributed by atoms with Crippen molar-refractivity contribution in [3.05, 3.63) is 4.91 Å². The lowest BCUT2D eigenvalue weighted by atomic mass is 10.1. The molecule has 0 aromatic carbocycles. The van der Waals surface area contributed by atoms with Crippen molar-refractivity contribution in [2.45, 2.75) is 24.9 Å². The van der Waals surface area contributed by atoms with Crippen LogP contribution in [0.25, 0.3) is 0 Å². The number of carboxylic acid groups (broad SMARTS) is 2. The molecule has 0 bridgehead atoms. The normalized spacial score (nSPS) is 12.8. The fourth-order valence-corrected chi connectivity index (χ4v) is 1.69. The largest absolute Gasteiger partial charge is 0.548 e. The van der Waals surface area contributed by atoms with Gasteiger partial charge in [-0.1, -0.05) is 0 Å². The molecule has 124 valence electrons. The second-order valence-electron chi connectivity index (χ2n) is 4.04. The van der Waals surface area contributed by atoms with Crippen molar-refractivity contribution in [3.8, 4) is 0 Å². The van der Waals surface area contributed by atoms with Crippen molar-refractivity contribution >= 4 is 35.7 Å². The average molecular weight is 334 g/mol. The summed E-state index contributed by atoms with van der Waals surface area (Å²) < 4.78 is 2.46. The highest BCUT2D eigenvalue weighted by Gasteiger charge is 2.21. The van der Waals surface area contributed by atoms with Crippen LogP contribution in [-0.4, -0.2) is 48.1 Å². The van der Waals surface area contributed by atoms with E-state index in [0.717, 1.165) is 0 Å². The number of hydrogen-bond donors (Lipinski definition) is 3.